The molecule has 24 heavy (non-hydrogen) atoms. The van der Waals surface area contributed by atoms with Gasteiger partial charge in [-0.2, -0.15) is 13.2 Å². The fourth-order valence-electron chi connectivity index (χ4n) is 2.44. The van der Waals surface area contributed by atoms with Crippen LogP contribution in [0, 0.1) is 0 Å². The van der Waals surface area contributed by atoms with Crippen molar-refractivity contribution in [2.45, 2.75) is 12.6 Å². The highest BCUT2D eigenvalue weighted by atomic mass is 35.5. The van der Waals surface area contributed by atoms with Gasteiger partial charge in [-0.3, -0.25) is 9.59 Å². The number of benzene rings is 1. The van der Waals surface area contributed by atoms with Crippen LogP contribution < -0.4 is 5.32 Å². The molecule has 1 fully saturated rings. The molecule has 1 aliphatic heterocycles. The van der Waals surface area contributed by atoms with Crippen molar-refractivity contribution in [1.82, 2.24) is 9.80 Å². The van der Waals surface area contributed by atoms with Gasteiger partial charge in [-0.15, -0.1) is 0 Å². The third-order valence-electron chi connectivity index (χ3n) is 3.76. The van der Waals surface area contributed by atoms with E-state index in [1.54, 1.807) is 9.80 Å². The summed E-state index contributed by atoms with van der Waals surface area (Å²) in [6.07, 6.45) is -3.72. The number of nitrogens with zero attached hydrogens (tertiary/aromatic N) is 2. The molecule has 1 aromatic rings. The molecule has 0 radical (unpaired) electrons. The fraction of sp³-hybridized carbons (Fsp3) is 0.467. The van der Waals surface area contributed by atoms with Gasteiger partial charge in [0.15, 0.2) is 0 Å². The molecule has 1 aromatic carbocycles. The Morgan fingerprint density at radius 3 is 2.50 bits per heavy atom. The Morgan fingerprint density at radius 2 is 1.92 bits per heavy atom. The van der Waals surface area contributed by atoms with Gasteiger partial charge in [-0.05, 0) is 18.2 Å². The minimum atomic E-state index is -4.53. The highest BCUT2D eigenvalue weighted by Gasteiger charge is 2.33. The van der Waals surface area contributed by atoms with E-state index < -0.39 is 11.7 Å². The molecule has 1 aliphatic rings. The molecule has 1 saturated heterocycles. The zero-order valence-corrected chi connectivity index (χ0v) is 13.5. The molecule has 5 nitrogen and oxygen atoms in total. The second-order valence-corrected chi connectivity index (χ2v) is 5.82. The lowest BCUT2D eigenvalue weighted by molar-refractivity contribution is -0.137. The van der Waals surface area contributed by atoms with Crippen molar-refractivity contribution < 1.29 is 22.8 Å². The molecule has 0 saturated carbocycles. The Balaban J connectivity index is 1.88. The van der Waals surface area contributed by atoms with Crippen LogP contribution in [-0.2, 0) is 15.8 Å². The number of rotatable bonds is 5. The van der Waals surface area contributed by atoms with Crippen molar-refractivity contribution in [3.63, 3.8) is 0 Å². The second kappa shape index (κ2) is 7.74. The zero-order valence-electron chi connectivity index (χ0n) is 12.8. The Bertz CT molecular complexity index is 602. The number of nitrogens with one attached hydrogen (secondary N) is 1. The lowest BCUT2D eigenvalue weighted by Crippen LogP contribution is -2.48. The van der Waals surface area contributed by atoms with E-state index in [2.05, 4.69) is 5.32 Å². The first-order valence-corrected chi connectivity index (χ1v) is 7.77. The summed E-state index contributed by atoms with van der Waals surface area (Å²) in [4.78, 5) is 25.8. The number of anilines is 1. The standard InChI is InChI=1S/C15H17ClF3N3O2/c16-11-1-2-13(12(9-11)15(17,18)19)20-4-3-14(24)22-7-5-21(10-23)6-8-22/h1-2,9-10,20H,3-8H2. The van der Waals surface area contributed by atoms with E-state index in [0.717, 1.165) is 12.5 Å². The molecule has 2 rings (SSSR count). The predicted molar refractivity (Wildman–Crippen MR) is 83.8 cm³/mol. The van der Waals surface area contributed by atoms with Gasteiger partial charge in [0, 0.05) is 49.9 Å². The van der Waals surface area contributed by atoms with Crippen LogP contribution in [0.1, 0.15) is 12.0 Å². The SMILES string of the molecule is O=CN1CCN(C(=O)CCNc2ccc(Cl)cc2C(F)(F)F)CC1. The highest BCUT2D eigenvalue weighted by molar-refractivity contribution is 6.30. The van der Waals surface area contributed by atoms with E-state index in [-0.39, 0.29) is 29.6 Å². The molecule has 0 unspecified atom stereocenters. The molecule has 0 bridgehead atoms. The summed E-state index contributed by atoms with van der Waals surface area (Å²) < 4.78 is 38.9. The van der Waals surface area contributed by atoms with Gasteiger partial charge in [0.1, 0.15) is 0 Å². The maximum atomic E-state index is 13.0. The summed E-state index contributed by atoms with van der Waals surface area (Å²) in [7, 11) is 0. The molecule has 0 aromatic heterocycles. The van der Waals surface area contributed by atoms with Gasteiger partial charge < -0.3 is 15.1 Å². The first-order valence-electron chi connectivity index (χ1n) is 7.39. The number of carbonyl (C=O) groups excluding carboxylic acids is 2. The molecule has 2 amide bonds. The lowest BCUT2D eigenvalue weighted by atomic mass is 10.1. The van der Waals surface area contributed by atoms with Crippen molar-refractivity contribution >= 4 is 29.6 Å². The molecule has 0 aliphatic carbocycles. The van der Waals surface area contributed by atoms with Gasteiger partial charge in [-0.25, -0.2) is 0 Å². The number of piperazine rings is 1. The largest absolute Gasteiger partial charge is 0.418 e. The normalized spacial score (nSPS) is 15.3. The molecule has 0 spiro atoms. The minimum absolute atomic E-state index is 0.00278. The van der Waals surface area contributed by atoms with Crippen molar-refractivity contribution in [3.05, 3.63) is 28.8 Å². The summed E-state index contributed by atoms with van der Waals surface area (Å²) in [6, 6.07) is 3.46. The number of hydrogen-bond acceptors (Lipinski definition) is 3. The number of amides is 2. The van der Waals surface area contributed by atoms with Crippen molar-refractivity contribution in [1.29, 1.82) is 0 Å². The first-order chi connectivity index (χ1) is 11.3. The number of hydrogen-bond donors (Lipinski definition) is 1. The number of alkyl halides is 3. The minimum Gasteiger partial charge on any atom is -0.384 e. The van der Waals surface area contributed by atoms with Gasteiger partial charge in [0.25, 0.3) is 0 Å². The van der Waals surface area contributed by atoms with E-state index in [1.807, 2.05) is 0 Å². The van der Waals surface area contributed by atoms with E-state index in [9.17, 15) is 22.8 Å². The van der Waals surface area contributed by atoms with Crippen LogP contribution in [-0.4, -0.2) is 54.8 Å². The van der Waals surface area contributed by atoms with Gasteiger partial charge in [-0.1, -0.05) is 11.6 Å². The van der Waals surface area contributed by atoms with Crippen LogP contribution in [0.4, 0.5) is 18.9 Å². The van der Waals surface area contributed by atoms with Crippen LogP contribution in [0.2, 0.25) is 5.02 Å². The molecule has 1 heterocycles. The van der Waals surface area contributed by atoms with Crippen molar-refractivity contribution in [3.8, 4) is 0 Å². The van der Waals surface area contributed by atoms with Gasteiger partial charge >= 0.3 is 6.18 Å². The fourth-order valence-corrected chi connectivity index (χ4v) is 2.62. The second-order valence-electron chi connectivity index (χ2n) is 5.39. The summed E-state index contributed by atoms with van der Waals surface area (Å²) in [6.45, 7) is 1.90. The predicted octanol–water partition coefficient (Wildman–Crippen LogP) is 2.46. The van der Waals surface area contributed by atoms with E-state index in [1.165, 1.54) is 12.1 Å². The summed E-state index contributed by atoms with van der Waals surface area (Å²) >= 11 is 5.62. The van der Waals surface area contributed by atoms with E-state index in [4.69, 9.17) is 11.6 Å². The van der Waals surface area contributed by atoms with Crippen LogP contribution in [0.25, 0.3) is 0 Å². The average molecular weight is 364 g/mol. The van der Waals surface area contributed by atoms with Gasteiger partial charge in [0.2, 0.25) is 12.3 Å². The Labute approximate surface area is 142 Å². The summed E-state index contributed by atoms with van der Waals surface area (Å²) in [5.74, 6) is -0.157. The average Bonchev–Trinajstić information content (AvgIpc) is 2.55. The molecule has 1 N–H and O–H groups in total. The first kappa shape index (κ1) is 18.4. The smallest absolute Gasteiger partial charge is 0.384 e. The maximum absolute atomic E-state index is 13.0. The molecular formula is C15H17ClF3N3O2. The van der Waals surface area contributed by atoms with Crippen LogP contribution in [0.3, 0.4) is 0 Å². The zero-order chi connectivity index (χ0) is 17.7. The highest BCUT2D eigenvalue weighted by Crippen LogP contribution is 2.36. The Hall–Kier alpha value is -1.96. The van der Waals surface area contributed by atoms with Crippen LogP contribution >= 0.6 is 11.6 Å². The van der Waals surface area contributed by atoms with Crippen LogP contribution in [0.5, 0.6) is 0 Å². The molecular weight excluding hydrogens is 347 g/mol. The molecule has 0 atom stereocenters. The molecule has 9 heteroatoms. The lowest BCUT2D eigenvalue weighted by Gasteiger charge is -2.32. The topological polar surface area (TPSA) is 52.7 Å². The third-order valence-corrected chi connectivity index (χ3v) is 3.99. The quantitative estimate of drug-likeness (QED) is 0.818. The van der Waals surface area contributed by atoms with E-state index in [0.29, 0.717) is 26.2 Å². The van der Waals surface area contributed by atoms with Gasteiger partial charge in [0.05, 0.1) is 5.56 Å². The van der Waals surface area contributed by atoms with Crippen molar-refractivity contribution in [2.75, 3.05) is 38.0 Å². The van der Waals surface area contributed by atoms with Crippen LogP contribution in [0.15, 0.2) is 18.2 Å². The Morgan fingerprint density at radius 1 is 1.25 bits per heavy atom. The number of halogens is 4. The molecule has 132 valence electrons. The third kappa shape index (κ3) is 4.77. The number of carbonyl (C=O) groups is 2. The van der Waals surface area contributed by atoms with E-state index >= 15 is 0 Å². The summed E-state index contributed by atoms with van der Waals surface area (Å²) in [5, 5.41) is 2.64. The Kier molecular flexibility index (Phi) is 5.93. The van der Waals surface area contributed by atoms with Crippen molar-refractivity contribution in [2.24, 2.45) is 0 Å². The monoisotopic (exact) mass is 363 g/mol. The maximum Gasteiger partial charge on any atom is 0.418 e. The summed E-state index contributed by atoms with van der Waals surface area (Å²) in [5.41, 5.74) is -0.965.